The average Bonchev–Trinajstić information content (AvgIpc) is 2.89. The monoisotopic (exact) mass is 313 g/mol. The molecule has 1 aliphatic heterocycles. The fourth-order valence-corrected chi connectivity index (χ4v) is 4.02. The van der Waals surface area contributed by atoms with Crippen molar-refractivity contribution in [2.45, 2.75) is 56.9 Å². The Morgan fingerprint density at radius 1 is 1.10 bits per heavy atom. The standard InChI is InChI=1S/C17H24ClN.ClH/c1-14(19-11-2-3-12-19)13-17(9-4-10-17)15-5-7-16(18)8-6-15;/h5-8,14H,2-4,9-13H2,1H3;1H. The Bertz CT molecular complexity index is 419. The van der Waals surface area contributed by atoms with Crippen LogP contribution in [0.15, 0.2) is 24.3 Å². The van der Waals surface area contributed by atoms with Crippen LogP contribution in [0.1, 0.15) is 51.0 Å². The largest absolute Gasteiger partial charge is 0.301 e. The lowest BCUT2D eigenvalue weighted by molar-refractivity contribution is 0.146. The van der Waals surface area contributed by atoms with Gasteiger partial charge in [0.1, 0.15) is 0 Å². The first-order chi connectivity index (χ1) is 9.20. The van der Waals surface area contributed by atoms with Crippen molar-refractivity contribution in [3.63, 3.8) is 0 Å². The van der Waals surface area contributed by atoms with Crippen LogP contribution in [0.5, 0.6) is 0 Å². The molecule has 3 heteroatoms. The van der Waals surface area contributed by atoms with Gasteiger partial charge in [-0.25, -0.2) is 0 Å². The van der Waals surface area contributed by atoms with Crippen LogP contribution in [-0.2, 0) is 5.41 Å². The van der Waals surface area contributed by atoms with Gasteiger partial charge in [0.15, 0.2) is 0 Å². The molecule has 1 saturated heterocycles. The van der Waals surface area contributed by atoms with Gasteiger partial charge >= 0.3 is 0 Å². The van der Waals surface area contributed by atoms with Gasteiger partial charge in [0, 0.05) is 11.1 Å². The van der Waals surface area contributed by atoms with Crippen LogP contribution in [0.2, 0.25) is 5.02 Å². The van der Waals surface area contributed by atoms with Crippen LogP contribution in [0, 0.1) is 0 Å². The molecule has 0 bridgehead atoms. The van der Waals surface area contributed by atoms with Crippen LogP contribution in [0.3, 0.4) is 0 Å². The molecule has 112 valence electrons. The predicted octanol–water partition coefficient (Wildman–Crippen LogP) is 5.06. The summed E-state index contributed by atoms with van der Waals surface area (Å²) < 4.78 is 0. The molecule has 3 rings (SSSR count). The molecule has 0 radical (unpaired) electrons. The van der Waals surface area contributed by atoms with Gasteiger partial charge in [0.05, 0.1) is 0 Å². The Hall–Kier alpha value is -0.240. The Labute approximate surface area is 134 Å². The van der Waals surface area contributed by atoms with Crippen LogP contribution in [0.4, 0.5) is 0 Å². The maximum atomic E-state index is 6.02. The van der Waals surface area contributed by atoms with Crippen molar-refractivity contribution in [2.75, 3.05) is 13.1 Å². The first kappa shape index (κ1) is 16.1. The summed E-state index contributed by atoms with van der Waals surface area (Å²) >= 11 is 6.02. The minimum Gasteiger partial charge on any atom is -0.301 e. The van der Waals surface area contributed by atoms with Gasteiger partial charge < -0.3 is 4.90 Å². The third-order valence-corrected chi connectivity index (χ3v) is 5.47. The van der Waals surface area contributed by atoms with Gasteiger partial charge in [0.25, 0.3) is 0 Å². The smallest absolute Gasteiger partial charge is 0.0406 e. The summed E-state index contributed by atoms with van der Waals surface area (Å²) in [5.74, 6) is 0. The third kappa shape index (κ3) is 3.16. The molecule has 1 aliphatic carbocycles. The Morgan fingerprint density at radius 2 is 1.70 bits per heavy atom. The van der Waals surface area contributed by atoms with E-state index in [4.69, 9.17) is 11.6 Å². The molecule has 0 amide bonds. The molecule has 1 aromatic carbocycles. The normalized spacial score (nSPS) is 22.9. The van der Waals surface area contributed by atoms with E-state index >= 15 is 0 Å². The fourth-order valence-electron chi connectivity index (χ4n) is 3.89. The molecule has 20 heavy (non-hydrogen) atoms. The van der Waals surface area contributed by atoms with E-state index in [-0.39, 0.29) is 12.4 Å². The van der Waals surface area contributed by atoms with Gasteiger partial charge in [-0.3, -0.25) is 0 Å². The molecule has 1 atom stereocenters. The number of likely N-dealkylation sites (tertiary alicyclic amines) is 1. The summed E-state index contributed by atoms with van der Waals surface area (Å²) in [5, 5.41) is 0.853. The van der Waals surface area contributed by atoms with E-state index < -0.39 is 0 Å². The van der Waals surface area contributed by atoms with Crippen molar-refractivity contribution in [3.05, 3.63) is 34.9 Å². The summed E-state index contributed by atoms with van der Waals surface area (Å²) in [7, 11) is 0. The maximum Gasteiger partial charge on any atom is 0.0406 e. The Kier molecular flexibility index (Phi) is 5.39. The van der Waals surface area contributed by atoms with Gasteiger partial charge in [-0.1, -0.05) is 30.2 Å². The molecule has 0 aromatic heterocycles. The summed E-state index contributed by atoms with van der Waals surface area (Å²) in [4.78, 5) is 2.68. The number of rotatable bonds is 4. The van der Waals surface area contributed by atoms with Crippen LogP contribution in [-0.4, -0.2) is 24.0 Å². The summed E-state index contributed by atoms with van der Waals surface area (Å²) in [5.41, 5.74) is 1.95. The van der Waals surface area contributed by atoms with Crippen molar-refractivity contribution < 1.29 is 0 Å². The van der Waals surface area contributed by atoms with Gasteiger partial charge in [0.2, 0.25) is 0 Å². The summed E-state index contributed by atoms with van der Waals surface area (Å²) in [6.07, 6.45) is 8.18. The topological polar surface area (TPSA) is 3.24 Å². The third-order valence-electron chi connectivity index (χ3n) is 5.22. The second-order valence-corrected chi connectivity index (χ2v) is 6.87. The zero-order valence-electron chi connectivity index (χ0n) is 12.3. The molecule has 2 fully saturated rings. The highest BCUT2D eigenvalue weighted by Gasteiger charge is 2.40. The highest BCUT2D eigenvalue weighted by molar-refractivity contribution is 6.30. The van der Waals surface area contributed by atoms with E-state index in [1.165, 1.54) is 57.2 Å². The molecular weight excluding hydrogens is 289 g/mol. The molecule has 1 unspecified atom stereocenters. The van der Waals surface area contributed by atoms with E-state index in [0.29, 0.717) is 5.41 Å². The average molecular weight is 314 g/mol. The Balaban J connectivity index is 0.00000147. The lowest BCUT2D eigenvalue weighted by Crippen LogP contribution is -2.42. The molecule has 2 aliphatic rings. The highest BCUT2D eigenvalue weighted by atomic mass is 35.5. The van der Waals surface area contributed by atoms with Crippen LogP contribution in [0.25, 0.3) is 0 Å². The molecule has 1 saturated carbocycles. The van der Waals surface area contributed by atoms with Gasteiger partial charge in [-0.2, -0.15) is 0 Å². The van der Waals surface area contributed by atoms with Crippen molar-refractivity contribution >= 4 is 24.0 Å². The van der Waals surface area contributed by atoms with Crippen molar-refractivity contribution in [1.29, 1.82) is 0 Å². The van der Waals surface area contributed by atoms with E-state index in [0.717, 1.165) is 11.1 Å². The maximum absolute atomic E-state index is 6.02. The molecule has 0 spiro atoms. The summed E-state index contributed by atoms with van der Waals surface area (Å²) in [6, 6.07) is 9.32. The number of nitrogens with zero attached hydrogens (tertiary/aromatic N) is 1. The SMILES string of the molecule is CC(CC1(c2ccc(Cl)cc2)CCC1)N1CCCC1.Cl. The second kappa shape index (κ2) is 6.68. The number of benzene rings is 1. The van der Waals surface area contributed by atoms with Gasteiger partial charge in [-0.15, -0.1) is 12.4 Å². The second-order valence-electron chi connectivity index (χ2n) is 6.44. The van der Waals surface area contributed by atoms with E-state index in [1.54, 1.807) is 0 Å². The first-order valence-corrected chi connectivity index (χ1v) is 8.08. The van der Waals surface area contributed by atoms with Gasteiger partial charge in [-0.05, 0) is 75.2 Å². The molecule has 1 nitrogen and oxygen atoms in total. The van der Waals surface area contributed by atoms with E-state index in [1.807, 2.05) is 0 Å². The van der Waals surface area contributed by atoms with E-state index in [2.05, 4.69) is 36.1 Å². The number of halogens is 2. The van der Waals surface area contributed by atoms with Crippen LogP contribution < -0.4 is 0 Å². The Morgan fingerprint density at radius 3 is 2.20 bits per heavy atom. The van der Waals surface area contributed by atoms with Crippen molar-refractivity contribution in [1.82, 2.24) is 4.90 Å². The fraction of sp³-hybridized carbons (Fsp3) is 0.647. The zero-order valence-corrected chi connectivity index (χ0v) is 13.8. The van der Waals surface area contributed by atoms with E-state index in [9.17, 15) is 0 Å². The summed E-state index contributed by atoms with van der Waals surface area (Å²) in [6.45, 7) is 5.02. The molecular formula is C17H25Cl2N. The number of hydrogen-bond donors (Lipinski definition) is 0. The van der Waals surface area contributed by atoms with Crippen LogP contribution >= 0.6 is 24.0 Å². The minimum absolute atomic E-state index is 0. The molecule has 1 heterocycles. The van der Waals surface area contributed by atoms with Crippen molar-refractivity contribution in [2.24, 2.45) is 0 Å². The lowest BCUT2D eigenvalue weighted by atomic mass is 9.61. The number of hydrogen-bond acceptors (Lipinski definition) is 1. The predicted molar refractivity (Wildman–Crippen MR) is 89.1 cm³/mol. The minimum atomic E-state index is 0. The lowest BCUT2D eigenvalue weighted by Gasteiger charge is -2.45. The first-order valence-electron chi connectivity index (χ1n) is 7.70. The zero-order chi connectivity index (χ0) is 13.3. The molecule has 1 aromatic rings. The molecule has 0 N–H and O–H groups in total. The van der Waals surface area contributed by atoms with Crippen molar-refractivity contribution in [3.8, 4) is 0 Å². The highest BCUT2D eigenvalue weighted by Crippen LogP contribution is 2.48. The quantitative estimate of drug-likeness (QED) is 0.751.